The summed E-state index contributed by atoms with van der Waals surface area (Å²) in [5, 5.41) is 7.55. The molecule has 2 N–H and O–H groups in total. The van der Waals surface area contributed by atoms with Gasteiger partial charge >= 0.3 is 0 Å². The Hall–Kier alpha value is -2.52. The van der Waals surface area contributed by atoms with E-state index in [9.17, 15) is 0 Å². The summed E-state index contributed by atoms with van der Waals surface area (Å²) < 4.78 is 11.4. The highest BCUT2D eigenvalue weighted by Gasteiger charge is 2.17. The Balaban J connectivity index is 1.43. The van der Waals surface area contributed by atoms with Crippen LogP contribution in [-0.4, -0.2) is 73.6 Å². The molecule has 2 aromatic heterocycles. The molecule has 2 saturated heterocycles. The summed E-state index contributed by atoms with van der Waals surface area (Å²) >= 11 is 6.67. The van der Waals surface area contributed by atoms with E-state index < -0.39 is 0 Å². The number of hydrogen-bond acceptors (Lipinski definition) is 8. The van der Waals surface area contributed by atoms with Gasteiger partial charge in [-0.25, -0.2) is 9.97 Å². The summed E-state index contributed by atoms with van der Waals surface area (Å²) in [4.78, 5) is 16.1. The number of hydrogen-bond donors (Lipinski definition) is 2. The lowest BCUT2D eigenvalue weighted by atomic mass is 10.1. The van der Waals surface area contributed by atoms with E-state index in [0.717, 1.165) is 80.4 Å². The minimum Gasteiger partial charge on any atom is -0.378 e. The average Bonchev–Trinajstić information content (AvgIpc) is 3.12. The summed E-state index contributed by atoms with van der Waals surface area (Å²) in [7, 11) is 0. The molecule has 1 unspecified atom stereocenters. The van der Waals surface area contributed by atoms with Crippen LogP contribution in [0.15, 0.2) is 36.7 Å². The van der Waals surface area contributed by atoms with Gasteiger partial charge in [0.05, 0.1) is 41.2 Å². The minimum atomic E-state index is 0.0805. The van der Waals surface area contributed by atoms with E-state index in [4.69, 9.17) is 26.1 Å². The largest absolute Gasteiger partial charge is 0.378 e. The zero-order valence-electron chi connectivity index (χ0n) is 17.9. The van der Waals surface area contributed by atoms with Crippen LogP contribution in [0.5, 0.6) is 0 Å². The van der Waals surface area contributed by atoms with E-state index in [0.29, 0.717) is 17.4 Å². The highest BCUT2D eigenvalue weighted by atomic mass is 35.5. The van der Waals surface area contributed by atoms with Gasteiger partial charge < -0.3 is 25.0 Å². The second-order valence-electron chi connectivity index (χ2n) is 7.98. The molecule has 32 heavy (non-hydrogen) atoms. The third kappa shape index (κ3) is 4.78. The number of pyridine rings is 1. The molecule has 2 aliphatic heterocycles. The molecule has 0 radical (unpaired) electrons. The number of anilines is 2. The van der Waals surface area contributed by atoms with Gasteiger partial charge in [0.1, 0.15) is 5.52 Å². The third-order valence-electron chi connectivity index (χ3n) is 5.77. The fraction of sp³-hybridized carbons (Fsp3) is 0.435. The molecule has 9 heteroatoms. The van der Waals surface area contributed by atoms with Crippen molar-refractivity contribution in [3.05, 3.63) is 41.7 Å². The van der Waals surface area contributed by atoms with Gasteiger partial charge in [-0.15, -0.1) is 0 Å². The molecule has 3 aromatic rings. The standard InChI is InChI=1S/C23H27ClN6O2/c24-18-12-16(2-3-21(18)30-7-10-31-11-8-30)19-13-20-22(27-6-5-26-20)23(29-19)28-15-17-14-25-4-1-9-32-17/h2-3,5-6,12-13,17,25H,1,4,7-11,14-15H2,(H,28,29). The SMILES string of the molecule is Clc1cc(-c2cc3nccnc3c(NCC3CNCCCO3)n2)ccc1N1CCOCC1. The lowest BCUT2D eigenvalue weighted by molar-refractivity contribution is 0.0761. The van der Waals surface area contributed by atoms with Crippen LogP contribution in [0.3, 0.4) is 0 Å². The number of rotatable bonds is 5. The molecule has 0 spiro atoms. The average molecular weight is 455 g/mol. The number of nitrogens with one attached hydrogen (secondary N) is 2. The molecule has 1 aromatic carbocycles. The Morgan fingerprint density at radius 3 is 2.88 bits per heavy atom. The fourth-order valence-corrected chi connectivity index (χ4v) is 4.38. The van der Waals surface area contributed by atoms with Crippen molar-refractivity contribution in [2.24, 2.45) is 0 Å². The first kappa shape index (κ1) is 21.3. The summed E-state index contributed by atoms with van der Waals surface area (Å²) in [6, 6.07) is 8.04. The molecule has 1 atom stereocenters. The third-order valence-corrected chi connectivity index (χ3v) is 6.08. The zero-order chi connectivity index (χ0) is 21.8. The lowest BCUT2D eigenvalue weighted by Crippen LogP contribution is -2.36. The number of fused-ring (bicyclic) bond motifs is 1. The lowest BCUT2D eigenvalue weighted by Gasteiger charge is -2.29. The van der Waals surface area contributed by atoms with Gasteiger partial charge in [0.2, 0.25) is 0 Å². The maximum atomic E-state index is 6.67. The maximum absolute atomic E-state index is 6.67. The maximum Gasteiger partial charge on any atom is 0.154 e. The Morgan fingerprint density at radius 2 is 2.00 bits per heavy atom. The quantitative estimate of drug-likeness (QED) is 0.608. The van der Waals surface area contributed by atoms with E-state index in [1.807, 2.05) is 12.1 Å². The van der Waals surface area contributed by atoms with E-state index in [1.165, 1.54) is 0 Å². The highest BCUT2D eigenvalue weighted by Crippen LogP contribution is 2.33. The predicted molar refractivity (Wildman–Crippen MR) is 127 cm³/mol. The van der Waals surface area contributed by atoms with Gasteiger partial charge in [0.25, 0.3) is 0 Å². The highest BCUT2D eigenvalue weighted by molar-refractivity contribution is 6.33. The number of ether oxygens (including phenoxy) is 2. The Morgan fingerprint density at radius 1 is 1.12 bits per heavy atom. The van der Waals surface area contributed by atoms with Crippen molar-refractivity contribution in [1.82, 2.24) is 20.3 Å². The number of nitrogens with zero attached hydrogens (tertiary/aromatic N) is 4. The van der Waals surface area contributed by atoms with E-state index in [1.54, 1.807) is 12.4 Å². The van der Waals surface area contributed by atoms with Gasteiger partial charge in [-0.05, 0) is 31.2 Å². The van der Waals surface area contributed by atoms with Gasteiger partial charge in [-0.2, -0.15) is 0 Å². The first-order chi connectivity index (χ1) is 15.8. The van der Waals surface area contributed by atoms with Gasteiger partial charge in [-0.1, -0.05) is 17.7 Å². The number of aromatic nitrogens is 3. The van der Waals surface area contributed by atoms with Gasteiger partial charge in [0.15, 0.2) is 5.82 Å². The van der Waals surface area contributed by atoms with Crippen molar-refractivity contribution in [3.63, 3.8) is 0 Å². The molecule has 168 valence electrons. The summed E-state index contributed by atoms with van der Waals surface area (Å²) in [5.74, 6) is 0.701. The molecular weight excluding hydrogens is 428 g/mol. The van der Waals surface area contributed by atoms with Crippen molar-refractivity contribution in [2.75, 3.05) is 62.8 Å². The Kier molecular flexibility index (Phi) is 6.64. The number of benzene rings is 1. The monoisotopic (exact) mass is 454 g/mol. The Bertz CT molecular complexity index is 1070. The van der Waals surface area contributed by atoms with Crippen LogP contribution in [-0.2, 0) is 9.47 Å². The second-order valence-corrected chi connectivity index (χ2v) is 8.38. The predicted octanol–water partition coefficient (Wildman–Crippen LogP) is 2.97. The molecule has 0 bridgehead atoms. The minimum absolute atomic E-state index is 0.0805. The summed E-state index contributed by atoms with van der Waals surface area (Å²) in [6.45, 7) is 6.34. The molecule has 8 nitrogen and oxygen atoms in total. The smallest absolute Gasteiger partial charge is 0.154 e. The molecule has 0 amide bonds. The van der Waals surface area contributed by atoms with Crippen LogP contribution < -0.4 is 15.5 Å². The van der Waals surface area contributed by atoms with Crippen molar-refractivity contribution in [3.8, 4) is 11.3 Å². The first-order valence-corrected chi connectivity index (χ1v) is 11.5. The zero-order valence-corrected chi connectivity index (χ0v) is 18.6. The van der Waals surface area contributed by atoms with Crippen LogP contribution in [0.1, 0.15) is 6.42 Å². The van der Waals surface area contributed by atoms with Crippen molar-refractivity contribution in [2.45, 2.75) is 12.5 Å². The van der Waals surface area contributed by atoms with Crippen molar-refractivity contribution >= 4 is 34.1 Å². The Labute approximate surface area is 192 Å². The number of halogens is 1. The van der Waals surface area contributed by atoms with Crippen LogP contribution in [0.2, 0.25) is 5.02 Å². The van der Waals surface area contributed by atoms with Crippen LogP contribution in [0.4, 0.5) is 11.5 Å². The van der Waals surface area contributed by atoms with Gasteiger partial charge in [-0.3, -0.25) is 4.98 Å². The second kappa shape index (κ2) is 9.95. The summed E-state index contributed by atoms with van der Waals surface area (Å²) in [6.07, 6.45) is 4.49. The topological polar surface area (TPSA) is 84.4 Å². The molecule has 2 fully saturated rings. The van der Waals surface area contributed by atoms with E-state index >= 15 is 0 Å². The summed E-state index contributed by atoms with van der Waals surface area (Å²) in [5.41, 5.74) is 4.30. The van der Waals surface area contributed by atoms with E-state index in [-0.39, 0.29) is 6.10 Å². The molecule has 4 heterocycles. The number of morpholine rings is 1. The van der Waals surface area contributed by atoms with Crippen molar-refractivity contribution in [1.29, 1.82) is 0 Å². The molecule has 2 aliphatic rings. The fourth-order valence-electron chi connectivity index (χ4n) is 4.08. The molecule has 0 aliphatic carbocycles. The molecular formula is C23H27ClN6O2. The normalized spacial score (nSPS) is 19.7. The van der Waals surface area contributed by atoms with E-state index in [2.05, 4.69) is 37.6 Å². The van der Waals surface area contributed by atoms with Crippen LogP contribution in [0.25, 0.3) is 22.3 Å². The molecule has 5 rings (SSSR count). The van der Waals surface area contributed by atoms with Gasteiger partial charge in [0, 0.05) is 50.7 Å². The first-order valence-electron chi connectivity index (χ1n) is 11.1. The van der Waals surface area contributed by atoms with Crippen molar-refractivity contribution < 1.29 is 9.47 Å². The van der Waals surface area contributed by atoms with Crippen LogP contribution >= 0.6 is 11.6 Å². The van der Waals surface area contributed by atoms with Crippen LogP contribution in [0, 0.1) is 0 Å². The molecule has 0 saturated carbocycles.